The van der Waals surface area contributed by atoms with Gasteiger partial charge in [-0.15, -0.1) is 21.5 Å². The lowest BCUT2D eigenvalue weighted by atomic mass is 10.4. The molecular formula is C13H10Cl2N4OS2. The molecule has 22 heavy (non-hydrogen) atoms. The molecule has 3 rings (SSSR count). The molecule has 0 atom stereocenters. The first-order valence-corrected chi connectivity index (χ1v) is 8.87. The molecule has 3 heterocycles. The fourth-order valence-electron chi connectivity index (χ4n) is 1.78. The number of hydrogen-bond acceptors (Lipinski definition) is 5. The Morgan fingerprint density at radius 2 is 2.27 bits per heavy atom. The van der Waals surface area contributed by atoms with Crippen LogP contribution in [-0.4, -0.2) is 26.3 Å². The van der Waals surface area contributed by atoms with Crippen molar-refractivity contribution in [2.24, 2.45) is 0 Å². The lowest BCUT2D eigenvalue weighted by Crippen LogP contribution is -2.24. The predicted molar refractivity (Wildman–Crippen MR) is 89.9 cm³/mol. The van der Waals surface area contributed by atoms with Crippen molar-refractivity contribution in [3.05, 3.63) is 44.7 Å². The van der Waals surface area contributed by atoms with Gasteiger partial charge in [0, 0.05) is 11.1 Å². The smallest absolute Gasteiger partial charge is 0.230 e. The topological polar surface area (TPSA) is 59.3 Å². The summed E-state index contributed by atoms with van der Waals surface area (Å²) in [7, 11) is 0. The van der Waals surface area contributed by atoms with Crippen LogP contribution in [0.5, 0.6) is 0 Å². The number of pyridine rings is 1. The van der Waals surface area contributed by atoms with E-state index in [-0.39, 0.29) is 11.7 Å². The number of nitrogens with one attached hydrogen (secondary N) is 1. The van der Waals surface area contributed by atoms with Gasteiger partial charge in [-0.05, 0) is 17.5 Å². The van der Waals surface area contributed by atoms with Gasteiger partial charge >= 0.3 is 0 Å². The van der Waals surface area contributed by atoms with Crippen LogP contribution >= 0.6 is 46.3 Å². The molecule has 114 valence electrons. The Bertz CT molecular complexity index is 804. The van der Waals surface area contributed by atoms with Crippen molar-refractivity contribution in [2.45, 2.75) is 11.7 Å². The second-order valence-electron chi connectivity index (χ2n) is 4.33. The summed E-state index contributed by atoms with van der Waals surface area (Å²) < 4.78 is 1.68. The number of aromatic nitrogens is 3. The van der Waals surface area contributed by atoms with Crippen molar-refractivity contribution in [1.82, 2.24) is 19.9 Å². The Labute approximate surface area is 144 Å². The van der Waals surface area contributed by atoms with Crippen molar-refractivity contribution in [2.75, 3.05) is 5.75 Å². The van der Waals surface area contributed by atoms with Crippen LogP contribution in [0, 0.1) is 0 Å². The minimum atomic E-state index is -0.0664. The summed E-state index contributed by atoms with van der Waals surface area (Å²) in [6, 6.07) is 5.54. The minimum Gasteiger partial charge on any atom is -0.350 e. The van der Waals surface area contributed by atoms with Crippen molar-refractivity contribution in [3.8, 4) is 0 Å². The number of amides is 1. The van der Waals surface area contributed by atoms with Crippen molar-refractivity contribution < 1.29 is 4.79 Å². The van der Waals surface area contributed by atoms with Gasteiger partial charge in [0.25, 0.3) is 0 Å². The molecule has 0 aliphatic carbocycles. The number of hydrogen-bond donors (Lipinski definition) is 1. The summed E-state index contributed by atoms with van der Waals surface area (Å²) in [6.45, 7) is 0.537. The first-order valence-electron chi connectivity index (χ1n) is 6.25. The number of nitrogens with zero attached hydrogens (tertiary/aromatic N) is 3. The van der Waals surface area contributed by atoms with E-state index in [2.05, 4.69) is 15.5 Å². The van der Waals surface area contributed by atoms with Crippen LogP contribution in [0.3, 0.4) is 0 Å². The molecule has 0 spiro atoms. The summed E-state index contributed by atoms with van der Waals surface area (Å²) in [6.07, 6.45) is 1.68. The standard InChI is InChI=1S/C13H10Cl2N4OS2/c14-8-4-10(15)12-17-18-13(19(12)6-8)22-7-11(20)16-5-9-2-1-3-21-9/h1-4,6H,5,7H2,(H,16,20). The van der Waals surface area contributed by atoms with E-state index in [9.17, 15) is 4.79 Å². The summed E-state index contributed by atoms with van der Waals surface area (Å²) in [5.74, 6) is 0.180. The first kappa shape index (κ1) is 15.6. The van der Waals surface area contributed by atoms with E-state index in [1.54, 1.807) is 28.0 Å². The van der Waals surface area contributed by atoms with Crippen molar-refractivity contribution in [1.29, 1.82) is 0 Å². The lowest BCUT2D eigenvalue weighted by Gasteiger charge is -2.03. The molecule has 0 aliphatic rings. The third kappa shape index (κ3) is 3.55. The fraction of sp³-hybridized carbons (Fsp3) is 0.154. The molecule has 0 saturated carbocycles. The maximum Gasteiger partial charge on any atom is 0.230 e. The second-order valence-corrected chi connectivity index (χ2v) is 7.15. The zero-order valence-electron chi connectivity index (χ0n) is 11.1. The van der Waals surface area contributed by atoms with Crippen LogP contribution in [0.1, 0.15) is 4.88 Å². The molecule has 3 aromatic rings. The molecule has 0 fully saturated rings. The Morgan fingerprint density at radius 1 is 1.41 bits per heavy atom. The van der Waals surface area contributed by atoms with Crippen LogP contribution in [0.15, 0.2) is 34.9 Å². The van der Waals surface area contributed by atoms with E-state index in [1.807, 2.05) is 17.5 Å². The summed E-state index contributed by atoms with van der Waals surface area (Å²) >= 11 is 14.9. The van der Waals surface area contributed by atoms with Gasteiger partial charge in [0.15, 0.2) is 10.8 Å². The number of carbonyl (C=O) groups is 1. The molecule has 0 aliphatic heterocycles. The number of fused-ring (bicyclic) bond motifs is 1. The zero-order chi connectivity index (χ0) is 15.5. The van der Waals surface area contributed by atoms with E-state index in [0.717, 1.165) is 4.88 Å². The van der Waals surface area contributed by atoms with Gasteiger partial charge in [-0.3, -0.25) is 9.20 Å². The molecule has 1 N–H and O–H groups in total. The van der Waals surface area contributed by atoms with Crippen LogP contribution in [-0.2, 0) is 11.3 Å². The van der Waals surface area contributed by atoms with Gasteiger partial charge in [-0.1, -0.05) is 41.0 Å². The highest BCUT2D eigenvalue weighted by Crippen LogP contribution is 2.25. The fourth-order valence-corrected chi connectivity index (χ4v) is 3.67. The van der Waals surface area contributed by atoms with Gasteiger partial charge in [0.2, 0.25) is 5.91 Å². The maximum absolute atomic E-state index is 11.9. The van der Waals surface area contributed by atoms with Gasteiger partial charge in [-0.2, -0.15) is 0 Å². The third-order valence-corrected chi connectivity index (χ3v) is 5.07. The zero-order valence-corrected chi connectivity index (χ0v) is 14.3. The Hall–Kier alpha value is -1.28. The molecule has 0 bridgehead atoms. The van der Waals surface area contributed by atoms with Gasteiger partial charge in [0.1, 0.15) is 0 Å². The number of rotatable bonds is 5. The number of thioether (sulfide) groups is 1. The Morgan fingerprint density at radius 3 is 3.05 bits per heavy atom. The highest BCUT2D eigenvalue weighted by molar-refractivity contribution is 7.99. The van der Waals surface area contributed by atoms with Crippen LogP contribution in [0.25, 0.3) is 5.65 Å². The normalized spacial score (nSPS) is 11.0. The summed E-state index contributed by atoms with van der Waals surface area (Å²) in [5, 5.41) is 14.4. The Kier molecular flexibility index (Phi) is 4.87. The molecule has 0 unspecified atom stereocenters. The lowest BCUT2D eigenvalue weighted by molar-refractivity contribution is -0.118. The molecule has 1 amide bonds. The van der Waals surface area contributed by atoms with E-state index in [4.69, 9.17) is 23.2 Å². The number of carbonyl (C=O) groups excluding carboxylic acids is 1. The van der Waals surface area contributed by atoms with Crippen LogP contribution < -0.4 is 5.32 Å². The van der Waals surface area contributed by atoms with E-state index >= 15 is 0 Å². The average molecular weight is 373 g/mol. The largest absolute Gasteiger partial charge is 0.350 e. The molecule has 0 saturated heterocycles. The predicted octanol–water partition coefficient (Wildman–Crippen LogP) is 3.51. The van der Waals surface area contributed by atoms with E-state index in [1.165, 1.54) is 11.8 Å². The highest BCUT2D eigenvalue weighted by Gasteiger charge is 2.12. The quantitative estimate of drug-likeness (QED) is 0.696. The van der Waals surface area contributed by atoms with Crippen LogP contribution in [0.2, 0.25) is 10.0 Å². The molecular weight excluding hydrogens is 363 g/mol. The molecule has 3 aromatic heterocycles. The summed E-state index contributed by atoms with van der Waals surface area (Å²) in [4.78, 5) is 13.0. The van der Waals surface area contributed by atoms with Gasteiger partial charge in [-0.25, -0.2) is 0 Å². The Balaban J connectivity index is 1.63. The van der Waals surface area contributed by atoms with E-state index < -0.39 is 0 Å². The van der Waals surface area contributed by atoms with Gasteiger partial charge < -0.3 is 5.32 Å². The number of thiophene rings is 1. The average Bonchev–Trinajstić information content (AvgIpc) is 3.12. The summed E-state index contributed by atoms with van der Waals surface area (Å²) in [5.41, 5.74) is 0.521. The number of halogens is 2. The van der Waals surface area contributed by atoms with Crippen LogP contribution in [0.4, 0.5) is 0 Å². The van der Waals surface area contributed by atoms with E-state index in [0.29, 0.717) is 27.4 Å². The molecule has 0 aromatic carbocycles. The second kappa shape index (κ2) is 6.87. The first-order chi connectivity index (χ1) is 10.6. The SMILES string of the molecule is O=C(CSc1nnc2c(Cl)cc(Cl)cn12)NCc1cccs1. The third-order valence-electron chi connectivity index (χ3n) is 2.77. The monoisotopic (exact) mass is 372 g/mol. The maximum atomic E-state index is 11.9. The molecule has 0 radical (unpaired) electrons. The highest BCUT2D eigenvalue weighted by atomic mass is 35.5. The molecule has 5 nitrogen and oxygen atoms in total. The van der Waals surface area contributed by atoms with Crippen molar-refractivity contribution in [3.63, 3.8) is 0 Å². The van der Waals surface area contributed by atoms with Crippen molar-refractivity contribution >= 4 is 57.9 Å². The van der Waals surface area contributed by atoms with Gasteiger partial charge in [0.05, 0.1) is 22.3 Å². The minimum absolute atomic E-state index is 0.0664. The molecule has 9 heteroatoms.